The monoisotopic (exact) mass is 711 g/mol. The summed E-state index contributed by atoms with van der Waals surface area (Å²) in [5, 5.41) is 19.2. The SMILES string of the molecule is CCCCCCCCCCCCCCCCOC(=O)c1ccccc1O.CCCCCCCCCCCCCCCOC(=O)c1ccccc1O. The Hall–Kier alpha value is -3.02. The lowest BCUT2D eigenvalue weighted by atomic mass is 10.0. The summed E-state index contributed by atoms with van der Waals surface area (Å²) in [6, 6.07) is 13.0. The van der Waals surface area contributed by atoms with Crippen molar-refractivity contribution in [2.75, 3.05) is 13.2 Å². The largest absolute Gasteiger partial charge is 0.507 e. The molecule has 0 bridgehead atoms. The summed E-state index contributed by atoms with van der Waals surface area (Å²) in [6.45, 7) is 5.40. The van der Waals surface area contributed by atoms with Crippen molar-refractivity contribution in [1.29, 1.82) is 0 Å². The lowest BCUT2D eigenvalue weighted by Gasteiger charge is -2.06. The smallest absolute Gasteiger partial charge is 0.341 e. The number of hydrogen-bond acceptors (Lipinski definition) is 6. The van der Waals surface area contributed by atoms with Crippen molar-refractivity contribution in [2.24, 2.45) is 0 Å². The van der Waals surface area contributed by atoms with E-state index in [2.05, 4.69) is 13.8 Å². The van der Waals surface area contributed by atoms with Crippen LogP contribution in [0.1, 0.15) is 208 Å². The molecular weight excluding hydrogens is 636 g/mol. The highest BCUT2D eigenvalue weighted by Crippen LogP contribution is 2.19. The van der Waals surface area contributed by atoms with Crippen LogP contribution in [0.4, 0.5) is 0 Å². The number of benzene rings is 2. The van der Waals surface area contributed by atoms with Gasteiger partial charge in [-0.15, -0.1) is 0 Å². The third-order valence-electron chi connectivity index (χ3n) is 9.46. The molecule has 0 heterocycles. The van der Waals surface area contributed by atoms with Gasteiger partial charge in [0, 0.05) is 0 Å². The van der Waals surface area contributed by atoms with Crippen LogP contribution >= 0.6 is 0 Å². The van der Waals surface area contributed by atoms with E-state index < -0.39 is 11.9 Å². The third kappa shape index (κ3) is 26.4. The Labute approximate surface area is 312 Å². The van der Waals surface area contributed by atoms with Gasteiger partial charge in [-0.3, -0.25) is 0 Å². The minimum absolute atomic E-state index is 0.0153. The van der Waals surface area contributed by atoms with Gasteiger partial charge in [0.05, 0.1) is 13.2 Å². The van der Waals surface area contributed by atoms with Crippen molar-refractivity contribution in [1.82, 2.24) is 0 Å². The van der Waals surface area contributed by atoms with Gasteiger partial charge >= 0.3 is 11.9 Å². The van der Waals surface area contributed by atoms with Gasteiger partial charge in [-0.2, -0.15) is 0 Å². The van der Waals surface area contributed by atoms with Crippen LogP contribution in [0.2, 0.25) is 0 Å². The van der Waals surface area contributed by atoms with E-state index >= 15 is 0 Å². The van der Waals surface area contributed by atoms with Gasteiger partial charge in [0.15, 0.2) is 0 Å². The van der Waals surface area contributed by atoms with Crippen LogP contribution in [-0.4, -0.2) is 35.4 Å². The highest BCUT2D eigenvalue weighted by atomic mass is 16.5. The maximum Gasteiger partial charge on any atom is 0.341 e. The van der Waals surface area contributed by atoms with Gasteiger partial charge in [-0.05, 0) is 37.1 Å². The van der Waals surface area contributed by atoms with Crippen LogP contribution in [0.5, 0.6) is 11.5 Å². The fourth-order valence-corrected chi connectivity index (χ4v) is 6.19. The van der Waals surface area contributed by atoms with Crippen molar-refractivity contribution >= 4 is 11.9 Å². The summed E-state index contributed by atoms with van der Waals surface area (Å²) in [5.74, 6) is -0.897. The van der Waals surface area contributed by atoms with E-state index in [1.165, 1.54) is 160 Å². The minimum atomic E-state index is -0.433. The van der Waals surface area contributed by atoms with E-state index in [-0.39, 0.29) is 22.6 Å². The molecule has 6 heteroatoms. The minimum Gasteiger partial charge on any atom is -0.507 e. The first-order chi connectivity index (χ1) is 25.0. The van der Waals surface area contributed by atoms with Crippen molar-refractivity contribution < 1.29 is 29.3 Å². The molecule has 6 nitrogen and oxygen atoms in total. The number of carbonyl (C=O) groups excluding carboxylic acids is 2. The number of phenols is 2. The first kappa shape index (κ1) is 46.0. The molecule has 290 valence electrons. The number of aromatic hydroxyl groups is 2. The van der Waals surface area contributed by atoms with Gasteiger partial charge in [0.1, 0.15) is 22.6 Å². The number of rotatable bonds is 31. The van der Waals surface area contributed by atoms with E-state index in [0.29, 0.717) is 13.2 Å². The summed E-state index contributed by atoms with van der Waals surface area (Å²) in [5.41, 5.74) is 0.495. The average molecular weight is 711 g/mol. The summed E-state index contributed by atoms with van der Waals surface area (Å²) >= 11 is 0. The Morgan fingerprint density at radius 2 is 0.627 bits per heavy atom. The number of carbonyl (C=O) groups is 2. The molecule has 0 unspecified atom stereocenters. The normalized spacial score (nSPS) is 10.8. The van der Waals surface area contributed by atoms with Crippen molar-refractivity contribution in [3.05, 3.63) is 59.7 Å². The Morgan fingerprint density at radius 3 is 0.882 bits per heavy atom. The van der Waals surface area contributed by atoms with Crippen LogP contribution in [0.25, 0.3) is 0 Å². The molecule has 2 rings (SSSR count). The Bertz CT molecular complexity index is 1100. The number of esters is 2. The first-order valence-corrected chi connectivity index (χ1v) is 20.9. The molecule has 0 saturated heterocycles. The van der Waals surface area contributed by atoms with Gasteiger partial charge in [0.25, 0.3) is 0 Å². The average Bonchev–Trinajstić information content (AvgIpc) is 3.14. The second kappa shape index (κ2) is 34.1. The van der Waals surface area contributed by atoms with E-state index in [1.54, 1.807) is 36.4 Å². The number of unbranched alkanes of at least 4 members (excludes halogenated alkanes) is 25. The molecule has 0 aliphatic carbocycles. The Morgan fingerprint density at radius 1 is 0.392 bits per heavy atom. The second-order valence-corrected chi connectivity index (χ2v) is 14.1. The van der Waals surface area contributed by atoms with Crippen LogP contribution in [-0.2, 0) is 9.47 Å². The van der Waals surface area contributed by atoms with Crippen molar-refractivity contribution in [3.63, 3.8) is 0 Å². The highest BCUT2D eigenvalue weighted by molar-refractivity contribution is 5.92. The Kier molecular flexibility index (Phi) is 30.7. The summed E-state index contributed by atoms with van der Waals surface area (Å²) < 4.78 is 10.4. The predicted molar refractivity (Wildman–Crippen MR) is 213 cm³/mol. The number of ether oxygens (including phenoxy) is 2. The summed E-state index contributed by atoms with van der Waals surface area (Å²) in [6.07, 6.45) is 35.2. The molecule has 0 radical (unpaired) electrons. The van der Waals surface area contributed by atoms with Crippen molar-refractivity contribution in [2.45, 2.75) is 187 Å². The van der Waals surface area contributed by atoms with Crippen LogP contribution in [0, 0.1) is 0 Å². The molecule has 0 fully saturated rings. The fraction of sp³-hybridized carbons (Fsp3) is 0.689. The van der Waals surface area contributed by atoms with Gasteiger partial charge in [-0.25, -0.2) is 9.59 Å². The molecule has 2 aromatic rings. The fourth-order valence-electron chi connectivity index (χ4n) is 6.19. The zero-order chi connectivity index (χ0) is 37.0. The number of phenolic OH excluding ortho intramolecular Hbond substituents is 2. The lowest BCUT2D eigenvalue weighted by molar-refractivity contribution is 0.0484. The molecule has 2 N–H and O–H groups in total. The molecule has 51 heavy (non-hydrogen) atoms. The third-order valence-corrected chi connectivity index (χ3v) is 9.46. The van der Waals surface area contributed by atoms with Crippen LogP contribution in [0.15, 0.2) is 48.5 Å². The summed E-state index contributed by atoms with van der Waals surface area (Å²) in [7, 11) is 0. The standard InChI is InChI=1S/C23H38O3.C22H36O3/c1-2-3-4-5-6-7-8-9-10-11-12-13-14-17-20-26-23(25)21-18-15-16-19-22(21)24;1-2-3-4-5-6-7-8-9-10-11-12-13-16-19-25-22(24)20-17-14-15-18-21(20)23/h15-16,18-19,24H,2-14,17,20H2,1H3;14-15,17-18,23H,2-13,16,19H2,1H3. The maximum absolute atomic E-state index is 11.8. The zero-order valence-corrected chi connectivity index (χ0v) is 32.7. The maximum atomic E-state index is 11.8. The van der Waals surface area contributed by atoms with Gasteiger partial charge in [-0.1, -0.05) is 199 Å². The van der Waals surface area contributed by atoms with E-state index in [1.807, 2.05) is 0 Å². The molecule has 0 spiro atoms. The molecule has 0 saturated carbocycles. The molecule has 0 aliphatic heterocycles. The quantitative estimate of drug-likeness (QED) is 0.0598. The second-order valence-electron chi connectivity index (χ2n) is 14.1. The predicted octanol–water partition coefficient (Wildman–Crippen LogP) is 13.7. The number of hydrogen-bond donors (Lipinski definition) is 2. The number of para-hydroxylation sites is 2. The van der Waals surface area contributed by atoms with Gasteiger partial charge < -0.3 is 19.7 Å². The lowest BCUT2D eigenvalue weighted by Crippen LogP contribution is -2.06. The van der Waals surface area contributed by atoms with E-state index in [9.17, 15) is 19.8 Å². The molecule has 0 aliphatic rings. The summed E-state index contributed by atoms with van der Waals surface area (Å²) in [4.78, 5) is 23.6. The first-order valence-electron chi connectivity index (χ1n) is 20.9. The van der Waals surface area contributed by atoms with Crippen LogP contribution in [0.3, 0.4) is 0 Å². The topological polar surface area (TPSA) is 93.1 Å². The Balaban J connectivity index is 0.000000510. The zero-order valence-electron chi connectivity index (χ0n) is 32.7. The molecule has 0 amide bonds. The highest BCUT2D eigenvalue weighted by Gasteiger charge is 2.12. The van der Waals surface area contributed by atoms with Crippen molar-refractivity contribution in [3.8, 4) is 11.5 Å². The van der Waals surface area contributed by atoms with Crippen LogP contribution < -0.4 is 0 Å². The molecular formula is C45H74O6. The van der Waals surface area contributed by atoms with Gasteiger partial charge in [0.2, 0.25) is 0 Å². The van der Waals surface area contributed by atoms with E-state index in [0.717, 1.165) is 25.7 Å². The molecule has 2 aromatic carbocycles. The molecule has 0 aromatic heterocycles. The molecule has 0 atom stereocenters. The van der Waals surface area contributed by atoms with E-state index in [4.69, 9.17) is 9.47 Å².